The van der Waals surface area contributed by atoms with Crippen molar-refractivity contribution >= 4 is 9.84 Å². The van der Waals surface area contributed by atoms with Crippen LogP contribution in [-0.2, 0) is 9.84 Å². The maximum absolute atomic E-state index is 12.0. The molecule has 1 atom stereocenters. The topological polar surface area (TPSA) is 54.4 Å². The maximum atomic E-state index is 12.0. The van der Waals surface area contributed by atoms with Gasteiger partial charge in [0.15, 0.2) is 9.84 Å². The number of hydrogen-bond donors (Lipinski definition) is 1. The fourth-order valence-corrected chi connectivity index (χ4v) is 3.20. The molecule has 0 aliphatic rings. The Bertz CT molecular complexity index is 426. The lowest BCUT2D eigenvalue weighted by atomic mass is 10.1. The molecule has 0 amide bonds. The van der Waals surface area contributed by atoms with Crippen LogP contribution in [-0.4, -0.2) is 25.4 Å². The Morgan fingerprint density at radius 2 is 1.78 bits per heavy atom. The van der Waals surface area contributed by atoms with E-state index in [0.29, 0.717) is 17.7 Å². The minimum Gasteiger partial charge on any atom is -0.393 e. The van der Waals surface area contributed by atoms with Gasteiger partial charge in [0.1, 0.15) is 0 Å². The largest absolute Gasteiger partial charge is 0.393 e. The number of benzene rings is 1. The summed E-state index contributed by atoms with van der Waals surface area (Å²) in [7, 11) is -3.25. The molecule has 0 radical (unpaired) electrons. The SMILES string of the molecule is CCCCC[C@H](O)CCS(=O)(=O)c1ccccc1. The summed E-state index contributed by atoms with van der Waals surface area (Å²) in [5, 5.41) is 9.72. The number of hydrogen-bond acceptors (Lipinski definition) is 3. The van der Waals surface area contributed by atoms with E-state index in [-0.39, 0.29) is 5.75 Å². The van der Waals surface area contributed by atoms with Gasteiger partial charge in [0.05, 0.1) is 16.8 Å². The molecule has 0 fully saturated rings. The van der Waals surface area contributed by atoms with Crippen molar-refractivity contribution in [1.29, 1.82) is 0 Å². The molecular formula is C14H22O3S. The second kappa shape index (κ2) is 7.54. The molecule has 0 aliphatic carbocycles. The zero-order chi connectivity index (χ0) is 13.4. The van der Waals surface area contributed by atoms with Crippen LogP contribution in [0.1, 0.15) is 39.0 Å². The lowest BCUT2D eigenvalue weighted by molar-refractivity contribution is 0.157. The van der Waals surface area contributed by atoms with Gasteiger partial charge in [-0.25, -0.2) is 8.42 Å². The Hall–Kier alpha value is -0.870. The van der Waals surface area contributed by atoms with Crippen molar-refractivity contribution in [3.63, 3.8) is 0 Å². The first-order valence-corrected chi connectivity index (χ1v) is 8.17. The van der Waals surface area contributed by atoms with E-state index in [9.17, 15) is 13.5 Å². The van der Waals surface area contributed by atoms with Crippen LogP contribution >= 0.6 is 0 Å². The predicted octanol–water partition coefficient (Wildman–Crippen LogP) is 2.79. The van der Waals surface area contributed by atoms with E-state index < -0.39 is 15.9 Å². The number of unbranched alkanes of at least 4 members (excludes halogenated alkanes) is 2. The highest BCUT2D eigenvalue weighted by Crippen LogP contribution is 2.14. The normalized spacial score (nSPS) is 13.4. The molecule has 0 saturated heterocycles. The van der Waals surface area contributed by atoms with E-state index in [0.717, 1.165) is 19.3 Å². The molecule has 102 valence electrons. The third-order valence-electron chi connectivity index (χ3n) is 2.96. The van der Waals surface area contributed by atoms with Gasteiger partial charge in [-0.1, -0.05) is 44.4 Å². The monoisotopic (exact) mass is 270 g/mol. The van der Waals surface area contributed by atoms with Gasteiger partial charge < -0.3 is 5.11 Å². The molecule has 0 aliphatic heterocycles. The van der Waals surface area contributed by atoms with Crippen molar-refractivity contribution in [1.82, 2.24) is 0 Å². The highest BCUT2D eigenvalue weighted by Gasteiger charge is 2.16. The first kappa shape index (κ1) is 15.2. The summed E-state index contributed by atoms with van der Waals surface area (Å²) in [6.45, 7) is 2.10. The molecule has 0 unspecified atom stereocenters. The maximum Gasteiger partial charge on any atom is 0.178 e. The Morgan fingerprint density at radius 1 is 1.11 bits per heavy atom. The average Bonchev–Trinajstić information content (AvgIpc) is 2.38. The number of sulfone groups is 1. The predicted molar refractivity (Wildman–Crippen MR) is 73.3 cm³/mol. The molecule has 0 saturated carbocycles. The number of aliphatic hydroxyl groups is 1. The second-order valence-corrected chi connectivity index (χ2v) is 6.68. The first-order valence-electron chi connectivity index (χ1n) is 6.52. The zero-order valence-electron chi connectivity index (χ0n) is 10.9. The quantitative estimate of drug-likeness (QED) is 0.739. The van der Waals surface area contributed by atoms with Crippen LogP contribution < -0.4 is 0 Å². The Kier molecular flexibility index (Phi) is 6.36. The van der Waals surface area contributed by atoms with E-state index in [2.05, 4.69) is 6.92 Å². The Morgan fingerprint density at radius 3 is 2.39 bits per heavy atom. The van der Waals surface area contributed by atoms with Crippen molar-refractivity contribution in [2.24, 2.45) is 0 Å². The minimum atomic E-state index is -3.25. The molecule has 18 heavy (non-hydrogen) atoms. The first-order chi connectivity index (χ1) is 8.56. The van der Waals surface area contributed by atoms with Gasteiger partial charge in [-0.2, -0.15) is 0 Å². The van der Waals surface area contributed by atoms with Crippen LogP contribution in [0.5, 0.6) is 0 Å². The highest BCUT2D eigenvalue weighted by molar-refractivity contribution is 7.91. The summed E-state index contributed by atoms with van der Waals surface area (Å²) in [5.41, 5.74) is 0. The van der Waals surface area contributed by atoms with Crippen LogP contribution in [0.4, 0.5) is 0 Å². The molecule has 1 aromatic carbocycles. The van der Waals surface area contributed by atoms with Crippen LogP contribution in [0.25, 0.3) is 0 Å². The van der Waals surface area contributed by atoms with E-state index in [1.54, 1.807) is 30.3 Å². The third kappa shape index (κ3) is 5.19. The van der Waals surface area contributed by atoms with Gasteiger partial charge in [0, 0.05) is 0 Å². The van der Waals surface area contributed by atoms with Crippen molar-refractivity contribution in [2.75, 3.05) is 5.75 Å². The van der Waals surface area contributed by atoms with Gasteiger partial charge in [-0.3, -0.25) is 0 Å². The molecule has 0 spiro atoms. The fourth-order valence-electron chi connectivity index (χ4n) is 1.81. The van der Waals surface area contributed by atoms with Crippen molar-refractivity contribution in [2.45, 2.75) is 50.0 Å². The molecule has 1 rings (SSSR count). The average molecular weight is 270 g/mol. The summed E-state index contributed by atoms with van der Waals surface area (Å²) in [6.07, 6.45) is 3.66. The van der Waals surface area contributed by atoms with E-state index in [4.69, 9.17) is 0 Å². The van der Waals surface area contributed by atoms with E-state index in [1.165, 1.54) is 0 Å². The Labute approximate surface area is 110 Å². The molecule has 1 aromatic rings. The van der Waals surface area contributed by atoms with Crippen molar-refractivity contribution in [3.8, 4) is 0 Å². The molecule has 0 aromatic heterocycles. The summed E-state index contributed by atoms with van der Waals surface area (Å²) in [6, 6.07) is 8.41. The lowest BCUT2D eigenvalue weighted by Gasteiger charge is -2.10. The molecule has 0 heterocycles. The summed E-state index contributed by atoms with van der Waals surface area (Å²) in [5.74, 6) is 0.0182. The zero-order valence-corrected chi connectivity index (χ0v) is 11.7. The van der Waals surface area contributed by atoms with Crippen LogP contribution in [0.3, 0.4) is 0 Å². The molecule has 0 bridgehead atoms. The summed E-state index contributed by atoms with van der Waals surface area (Å²) in [4.78, 5) is 0.339. The molecule has 1 N–H and O–H groups in total. The van der Waals surface area contributed by atoms with Crippen molar-refractivity contribution in [3.05, 3.63) is 30.3 Å². The Balaban J connectivity index is 2.43. The van der Waals surface area contributed by atoms with Gasteiger partial charge >= 0.3 is 0 Å². The number of rotatable bonds is 8. The fraction of sp³-hybridized carbons (Fsp3) is 0.571. The van der Waals surface area contributed by atoms with Crippen molar-refractivity contribution < 1.29 is 13.5 Å². The van der Waals surface area contributed by atoms with Crippen LogP contribution in [0, 0.1) is 0 Å². The minimum absolute atomic E-state index is 0.0182. The standard InChI is InChI=1S/C14H22O3S/c1-2-3-5-8-13(15)11-12-18(16,17)14-9-6-4-7-10-14/h4,6-7,9-10,13,15H,2-3,5,8,11-12H2,1H3/t13-/m0/s1. The third-order valence-corrected chi connectivity index (χ3v) is 4.73. The summed E-state index contributed by atoms with van der Waals surface area (Å²) >= 11 is 0. The van der Waals surface area contributed by atoms with Crippen LogP contribution in [0.2, 0.25) is 0 Å². The highest BCUT2D eigenvalue weighted by atomic mass is 32.2. The van der Waals surface area contributed by atoms with Crippen LogP contribution in [0.15, 0.2) is 35.2 Å². The second-order valence-electron chi connectivity index (χ2n) is 4.57. The van der Waals surface area contributed by atoms with E-state index >= 15 is 0 Å². The van der Waals surface area contributed by atoms with E-state index in [1.807, 2.05) is 0 Å². The number of aliphatic hydroxyl groups excluding tert-OH is 1. The van der Waals surface area contributed by atoms with Gasteiger partial charge in [-0.05, 0) is 25.0 Å². The van der Waals surface area contributed by atoms with Gasteiger partial charge in [-0.15, -0.1) is 0 Å². The molecule has 4 heteroatoms. The lowest BCUT2D eigenvalue weighted by Crippen LogP contribution is -2.15. The molecule has 3 nitrogen and oxygen atoms in total. The molecular weight excluding hydrogens is 248 g/mol. The summed E-state index contributed by atoms with van der Waals surface area (Å²) < 4.78 is 23.9. The smallest absolute Gasteiger partial charge is 0.178 e. The van der Waals surface area contributed by atoms with Gasteiger partial charge in [0.2, 0.25) is 0 Å². The van der Waals surface area contributed by atoms with Gasteiger partial charge in [0.25, 0.3) is 0 Å².